The Bertz CT molecular complexity index is 809. The SMILES string of the molecule is CC1(C)O[C@@H]2[C@H](O1)[C@@H](Nc1cncc(C(F)(F)F)n1)CO[C@@H]2CNC(=O)C1CC1F. The van der Waals surface area contributed by atoms with Gasteiger partial charge in [0.2, 0.25) is 5.91 Å². The van der Waals surface area contributed by atoms with Crippen LogP contribution in [0.1, 0.15) is 26.0 Å². The van der Waals surface area contributed by atoms with Crippen LogP contribution in [0.15, 0.2) is 12.4 Å². The normalized spacial score (nSPS) is 34.9. The molecule has 2 N–H and O–H groups in total. The van der Waals surface area contributed by atoms with Crippen molar-refractivity contribution in [3.63, 3.8) is 0 Å². The third-order valence-electron chi connectivity index (χ3n) is 5.20. The molecule has 1 aromatic heterocycles. The average Bonchev–Trinajstić information content (AvgIpc) is 3.29. The summed E-state index contributed by atoms with van der Waals surface area (Å²) in [6.45, 7) is 3.60. The van der Waals surface area contributed by atoms with E-state index in [1.54, 1.807) is 13.8 Å². The Kier molecular flexibility index (Phi) is 5.35. The van der Waals surface area contributed by atoms with E-state index in [-0.39, 0.29) is 31.3 Å². The Morgan fingerprint density at radius 3 is 2.63 bits per heavy atom. The second-order valence-corrected chi connectivity index (χ2v) is 8.08. The van der Waals surface area contributed by atoms with Gasteiger partial charge >= 0.3 is 6.18 Å². The molecule has 1 aliphatic carbocycles. The Balaban J connectivity index is 1.43. The van der Waals surface area contributed by atoms with Crippen molar-refractivity contribution < 1.29 is 36.6 Å². The molecule has 1 saturated carbocycles. The van der Waals surface area contributed by atoms with Gasteiger partial charge in [0.25, 0.3) is 0 Å². The summed E-state index contributed by atoms with van der Waals surface area (Å²) in [5.74, 6) is -2.01. The van der Waals surface area contributed by atoms with Gasteiger partial charge in [0.05, 0.1) is 31.0 Å². The van der Waals surface area contributed by atoms with E-state index in [1.807, 2.05) is 0 Å². The van der Waals surface area contributed by atoms with Crippen LogP contribution in [-0.4, -0.2) is 65.3 Å². The van der Waals surface area contributed by atoms with E-state index in [4.69, 9.17) is 14.2 Å². The van der Waals surface area contributed by atoms with Gasteiger partial charge in [-0.3, -0.25) is 9.78 Å². The molecule has 2 saturated heterocycles. The lowest BCUT2D eigenvalue weighted by molar-refractivity contribution is -0.153. The van der Waals surface area contributed by atoms with Crippen LogP contribution in [0.5, 0.6) is 0 Å². The van der Waals surface area contributed by atoms with E-state index in [9.17, 15) is 22.4 Å². The first-order valence-corrected chi connectivity index (χ1v) is 9.58. The molecule has 8 nitrogen and oxygen atoms in total. The van der Waals surface area contributed by atoms with Crippen molar-refractivity contribution in [2.45, 2.75) is 62.8 Å². The summed E-state index contributed by atoms with van der Waals surface area (Å²) < 4.78 is 69.4. The van der Waals surface area contributed by atoms with Gasteiger partial charge in [0.1, 0.15) is 30.3 Å². The number of carbonyl (C=O) groups is 1. The zero-order chi connectivity index (χ0) is 21.7. The van der Waals surface area contributed by atoms with Crippen molar-refractivity contribution in [2.75, 3.05) is 18.5 Å². The number of ether oxygens (including phenoxy) is 3. The summed E-state index contributed by atoms with van der Waals surface area (Å²) in [7, 11) is 0. The van der Waals surface area contributed by atoms with Gasteiger partial charge in [-0.2, -0.15) is 13.2 Å². The molecule has 12 heteroatoms. The zero-order valence-corrected chi connectivity index (χ0v) is 16.3. The third-order valence-corrected chi connectivity index (χ3v) is 5.20. The van der Waals surface area contributed by atoms with Crippen molar-refractivity contribution in [1.82, 2.24) is 15.3 Å². The molecule has 30 heavy (non-hydrogen) atoms. The molecule has 166 valence electrons. The number of amides is 1. The molecule has 4 rings (SSSR count). The van der Waals surface area contributed by atoms with Crippen LogP contribution in [0, 0.1) is 5.92 Å². The maximum absolute atomic E-state index is 13.0. The molecule has 2 unspecified atom stereocenters. The van der Waals surface area contributed by atoms with E-state index < -0.39 is 54.1 Å². The van der Waals surface area contributed by atoms with Gasteiger partial charge in [-0.25, -0.2) is 9.37 Å². The topological polar surface area (TPSA) is 94.6 Å². The maximum Gasteiger partial charge on any atom is 0.434 e. The van der Waals surface area contributed by atoms with E-state index in [0.29, 0.717) is 6.20 Å². The van der Waals surface area contributed by atoms with Crippen molar-refractivity contribution in [3.8, 4) is 0 Å². The van der Waals surface area contributed by atoms with Crippen LogP contribution >= 0.6 is 0 Å². The summed E-state index contributed by atoms with van der Waals surface area (Å²) in [6, 6.07) is -0.555. The fraction of sp³-hybridized carbons (Fsp3) is 0.722. The Morgan fingerprint density at radius 2 is 1.97 bits per heavy atom. The number of hydrogen-bond acceptors (Lipinski definition) is 7. The molecular weight excluding hydrogens is 412 g/mol. The summed E-state index contributed by atoms with van der Waals surface area (Å²) in [6.07, 6.45) is -5.38. The minimum absolute atomic E-state index is 0.0695. The van der Waals surface area contributed by atoms with E-state index in [0.717, 1.165) is 0 Å². The molecule has 3 fully saturated rings. The highest BCUT2D eigenvalue weighted by atomic mass is 19.4. The average molecular weight is 434 g/mol. The number of alkyl halides is 4. The molecular formula is C18H22F4N4O4. The first kappa shape index (κ1) is 21.2. The Hall–Kier alpha value is -2.05. The van der Waals surface area contributed by atoms with Crippen LogP contribution in [0.4, 0.5) is 23.4 Å². The molecule has 1 amide bonds. The summed E-state index contributed by atoms with van der Waals surface area (Å²) in [4.78, 5) is 19.0. The summed E-state index contributed by atoms with van der Waals surface area (Å²) >= 11 is 0. The smallest absolute Gasteiger partial charge is 0.371 e. The molecule has 3 heterocycles. The van der Waals surface area contributed by atoms with Crippen LogP contribution in [0.2, 0.25) is 0 Å². The van der Waals surface area contributed by atoms with Crippen molar-refractivity contribution in [1.29, 1.82) is 0 Å². The van der Waals surface area contributed by atoms with Gasteiger partial charge in [0.15, 0.2) is 11.5 Å². The molecule has 1 aromatic rings. The third kappa shape index (κ3) is 4.49. The molecule has 0 aromatic carbocycles. The standard InChI is InChI=1S/C18H22F4N4O4/c1-17(2)29-14-10(25-13-6-23-5-12(26-13)18(20,21)22)7-28-11(15(14)30-17)4-24-16(27)8-3-9(8)19/h5-6,8-11,14-15H,3-4,7H2,1-2H3,(H,24,27)(H,25,26)/t8?,9?,10-,11+,14+,15-/m0/s1. The fourth-order valence-electron chi connectivity index (χ4n) is 3.66. The number of anilines is 1. The predicted molar refractivity (Wildman–Crippen MR) is 94.0 cm³/mol. The van der Waals surface area contributed by atoms with Crippen molar-refractivity contribution in [3.05, 3.63) is 18.1 Å². The van der Waals surface area contributed by atoms with Crippen LogP contribution < -0.4 is 10.6 Å². The number of fused-ring (bicyclic) bond motifs is 1. The number of nitrogens with zero attached hydrogens (tertiary/aromatic N) is 2. The van der Waals surface area contributed by atoms with Gasteiger partial charge < -0.3 is 24.8 Å². The first-order valence-electron chi connectivity index (χ1n) is 9.58. The molecule has 0 radical (unpaired) electrons. The molecule has 2 aliphatic heterocycles. The van der Waals surface area contributed by atoms with E-state index in [1.165, 1.54) is 6.20 Å². The van der Waals surface area contributed by atoms with Gasteiger partial charge in [0, 0.05) is 6.54 Å². The Labute approximate surface area is 169 Å². The second kappa shape index (κ2) is 7.57. The molecule has 0 spiro atoms. The molecule has 3 aliphatic rings. The summed E-state index contributed by atoms with van der Waals surface area (Å²) in [5, 5.41) is 5.55. The quantitative estimate of drug-likeness (QED) is 0.681. The number of hydrogen-bond donors (Lipinski definition) is 2. The highest BCUT2D eigenvalue weighted by Crippen LogP contribution is 2.37. The van der Waals surface area contributed by atoms with E-state index in [2.05, 4.69) is 20.6 Å². The lowest BCUT2D eigenvalue weighted by atomic mass is 9.98. The number of carbonyl (C=O) groups excluding carboxylic acids is 1. The molecule has 6 atom stereocenters. The minimum atomic E-state index is -4.62. The second-order valence-electron chi connectivity index (χ2n) is 8.08. The number of nitrogens with one attached hydrogen (secondary N) is 2. The maximum atomic E-state index is 13.0. The van der Waals surface area contributed by atoms with E-state index >= 15 is 0 Å². The lowest BCUT2D eigenvalue weighted by Gasteiger charge is -2.37. The monoisotopic (exact) mass is 434 g/mol. The number of halogens is 4. The molecule has 0 bridgehead atoms. The van der Waals surface area contributed by atoms with Crippen molar-refractivity contribution in [2.24, 2.45) is 5.92 Å². The highest BCUT2D eigenvalue weighted by molar-refractivity contribution is 5.82. The number of rotatable bonds is 5. The minimum Gasteiger partial charge on any atom is -0.371 e. The van der Waals surface area contributed by atoms with Crippen LogP contribution in [0.25, 0.3) is 0 Å². The lowest BCUT2D eigenvalue weighted by Crippen LogP contribution is -2.57. The van der Waals surface area contributed by atoms with Crippen LogP contribution in [0.3, 0.4) is 0 Å². The fourth-order valence-corrected chi connectivity index (χ4v) is 3.66. The highest BCUT2D eigenvalue weighted by Gasteiger charge is 2.52. The van der Waals surface area contributed by atoms with Gasteiger partial charge in [-0.05, 0) is 20.3 Å². The van der Waals surface area contributed by atoms with Crippen molar-refractivity contribution >= 4 is 11.7 Å². The summed E-state index contributed by atoms with van der Waals surface area (Å²) in [5.41, 5.74) is -1.11. The Morgan fingerprint density at radius 1 is 1.27 bits per heavy atom. The zero-order valence-electron chi connectivity index (χ0n) is 16.3. The first-order chi connectivity index (χ1) is 14.0. The predicted octanol–water partition coefficient (Wildman–Crippen LogP) is 1.67. The van der Waals surface area contributed by atoms with Crippen LogP contribution in [-0.2, 0) is 25.2 Å². The number of aromatic nitrogens is 2. The van der Waals surface area contributed by atoms with Gasteiger partial charge in [-0.15, -0.1) is 0 Å². The van der Waals surface area contributed by atoms with Gasteiger partial charge in [-0.1, -0.05) is 0 Å². The largest absolute Gasteiger partial charge is 0.434 e.